The summed E-state index contributed by atoms with van der Waals surface area (Å²) in [6, 6.07) is 2.10. The van der Waals surface area contributed by atoms with Gasteiger partial charge in [-0.3, -0.25) is 0 Å². The van der Waals surface area contributed by atoms with Crippen LogP contribution >= 0.6 is 23.1 Å². The Morgan fingerprint density at radius 2 is 2.41 bits per heavy atom. The van der Waals surface area contributed by atoms with Gasteiger partial charge in [-0.2, -0.15) is 5.26 Å². The second-order valence-corrected chi connectivity index (χ2v) is 5.74. The van der Waals surface area contributed by atoms with Crippen molar-refractivity contribution < 1.29 is 4.42 Å². The summed E-state index contributed by atoms with van der Waals surface area (Å²) in [5.41, 5.74) is 0.932. The molecule has 5 nitrogen and oxygen atoms in total. The Kier molecular flexibility index (Phi) is 3.76. The summed E-state index contributed by atoms with van der Waals surface area (Å²) < 4.78 is 5.42. The monoisotopic (exact) mass is 266 g/mol. The van der Waals surface area contributed by atoms with Gasteiger partial charge in [0.2, 0.25) is 5.89 Å². The number of hydrogen-bond acceptors (Lipinski definition) is 7. The molecule has 0 aliphatic carbocycles. The molecule has 2 aromatic rings. The van der Waals surface area contributed by atoms with E-state index < -0.39 is 0 Å². The smallest absolute Gasteiger partial charge is 0.277 e. The first-order valence-corrected chi connectivity index (χ1v) is 6.73. The van der Waals surface area contributed by atoms with Crippen molar-refractivity contribution >= 4 is 23.1 Å². The van der Waals surface area contributed by atoms with E-state index in [0.717, 1.165) is 10.7 Å². The van der Waals surface area contributed by atoms with Gasteiger partial charge < -0.3 is 4.42 Å². The van der Waals surface area contributed by atoms with Gasteiger partial charge in [-0.05, 0) is 25.6 Å². The Labute approximate surface area is 107 Å². The van der Waals surface area contributed by atoms with Gasteiger partial charge in [-0.15, -0.1) is 21.5 Å². The van der Waals surface area contributed by atoms with Gasteiger partial charge in [0.05, 0.1) is 28.4 Å². The molecule has 0 aromatic carbocycles. The highest BCUT2D eigenvalue weighted by Crippen LogP contribution is 2.22. The molecule has 0 radical (unpaired) electrons. The molecule has 0 N–H and O–H groups in total. The zero-order valence-electron chi connectivity index (χ0n) is 9.38. The Balaban J connectivity index is 2.01. The normalized spacial score (nSPS) is 12.3. The first-order valence-electron chi connectivity index (χ1n) is 4.97. The maximum atomic E-state index is 8.67. The summed E-state index contributed by atoms with van der Waals surface area (Å²) in [7, 11) is 0. The van der Waals surface area contributed by atoms with Gasteiger partial charge in [0.25, 0.3) is 5.22 Å². The van der Waals surface area contributed by atoms with Crippen LogP contribution in [-0.2, 0) is 6.42 Å². The van der Waals surface area contributed by atoms with Crippen LogP contribution in [0.5, 0.6) is 0 Å². The number of thioether (sulfide) groups is 1. The lowest BCUT2D eigenvalue weighted by atomic mass is 10.3. The topological polar surface area (TPSA) is 75.6 Å². The molecular weight excluding hydrogens is 256 g/mol. The highest BCUT2D eigenvalue weighted by Gasteiger charge is 2.12. The van der Waals surface area contributed by atoms with E-state index in [1.54, 1.807) is 18.3 Å². The van der Waals surface area contributed by atoms with E-state index >= 15 is 0 Å². The van der Waals surface area contributed by atoms with Gasteiger partial charge in [0.1, 0.15) is 0 Å². The predicted octanol–water partition coefficient (Wildman–Crippen LogP) is 2.43. The average Bonchev–Trinajstić information content (AvgIpc) is 2.89. The Bertz CT molecular complexity index is 542. The largest absolute Gasteiger partial charge is 0.415 e. The van der Waals surface area contributed by atoms with Crippen molar-refractivity contribution in [2.75, 3.05) is 0 Å². The molecule has 0 saturated carbocycles. The van der Waals surface area contributed by atoms with Crippen LogP contribution in [0.2, 0.25) is 0 Å². The van der Waals surface area contributed by atoms with E-state index in [2.05, 4.69) is 21.3 Å². The Morgan fingerprint density at radius 3 is 3.06 bits per heavy atom. The molecule has 7 heteroatoms. The van der Waals surface area contributed by atoms with E-state index in [0.29, 0.717) is 17.5 Å². The lowest BCUT2D eigenvalue weighted by molar-refractivity contribution is 0.419. The van der Waals surface area contributed by atoms with E-state index in [9.17, 15) is 0 Å². The highest BCUT2D eigenvalue weighted by atomic mass is 32.2. The van der Waals surface area contributed by atoms with Gasteiger partial charge in [-0.1, -0.05) is 0 Å². The Hall–Kier alpha value is -1.39. The second-order valence-electron chi connectivity index (χ2n) is 3.39. The molecule has 2 rings (SSSR count). The van der Waals surface area contributed by atoms with Crippen LogP contribution in [0, 0.1) is 18.3 Å². The number of thiazole rings is 1. The summed E-state index contributed by atoms with van der Waals surface area (Å²) in [6.45, 7) is 3.75. The number of hydrogen-bond donors (Lipinski definition) is 0. The summed E-state index contributed by atoms with van der Waals surface area (Å²) >= 11 is 2.86. The summed E-state index contributed by atoms with van der Waals surface area (Å²) in [4.78, 5) is 4.32. The van der Waals surface area contributed by atoms with Crippen molar-refractivity contribution in [2.24, 2.45) is 0 Å². The number of aromatic nitrogens is 3. The minimum Gasteiger partial charge on any atom is -0.415 e. The molecular formula is C10H10N4OS2. The fourth-order valence-corrected chi connectivity index (χ4v) is 2.38. The van der Waals surface area contributed by atoms with E-state index in [-0.39, 0.29) is 5.25 Å². The minimum absolute atomic E-state index is 0.190. The SMILES string of the molecule is Cc1nc(Cc2nnc(S[C@H](C)C#N)o2)cs1. The maximum Gasteiger partial charge on any atom is 0.277 e. The van der Waals surface area contributed by atoms with Crippen LogP contribution in [0.4, 0.5) is 0 Å². The zero-order valence-corrected chi connectivity index (χ0v) is 11.0. The minimum atomic E-state index is -0.190. The van der Waals surface area contributed by atoms with E-state index in [1.165, 1.54) is 11.8 Å². The predicted molar refractivity (Wildman–Crippen MR) is 64.9 cm³/mol. The van der Waals surface area contributed by atoms with E-state index in [1.807, 2.05) is 12.3 Å². The molecule has 0 bridgehead atoms. The molecule has 0 aliphatic rings. The molecule has 0 spiro atoms. The van der Waals surface area contributed by atoms with Gasteiger partial charge >= 0.3 is 0 Å². The van der Waals surface area contributed by atoms with E-state index in [4.69, 9.17) is 9.68 Å². The fraction of sp³-hybridized carbons (Fsp3) is 0.400. The Morgan fingerprint density at radius 1 is 1.59 bits per heavy atom. The quantitative estimate of drug-likeness (QED) is 0.791. The molecule has 17 heavy (non-hydrogen) atoms. The maximum absolute atomic E-state index is 8.67. The van der Waals surface area contributed by atoms with Crippen molar-refractivity contribution in [1.82, 2.24) is 15.2 Å². The van der Waals surface area contributed by atoms with Crippen molar-refractivity contribution in [2.45, 2.75) is 30.7 Å². The molecule has 0 unspecified atom stereocenters. The third-order valence-corrected chi connectivity index (χ3v) is 3.55. The third-order valence-electron chi connectivity index (χ3n) is 1.91. The molecule has 2 heterocycles. The molecule has 0 aliphatic heterocycles. The highest BCUT2D eigenvalue weighted by molar-refractivity contribution is 7.99. The lowest BCUT2D eigenvalue weighted by Gasteiger charge is -1.94. The number of nitrogens with zero attached hydrogens (tertiary/aromatic N) is 4. The van der Waals surface area contributed by atoms with Gasteiger partial charge in [0.15, 0.2) is 0 Å². The first kappa shape index (κ1) is 12.1. The fourth-order valence-electron chi connectivity index (χ4n) is 1.18. The number of aryl methyl sites for hydroxylation is 1. The van der Waals surface area contributed by atoms with Crippen molar-refractivity contribution in [3.05, 3.63) is 22.0 Å². The number of rotatable bonds is 4. The molecule has 0 amide bonds. The van der Waals surface area contributed by atoms with Crippen molar-refractivity contribution in [1.29, 1.82) is 5.26 Å². The average molecular weight is 266 g/mol. The third kappa shape index (κ3) is 3.28. The summed E-state index contributed by atoms with van der Waals surface area (Å²) in [6.07, 6.45) is 0.541. The van der Waals surface area contributed by atoms with Crippen LogP contribution in [0.1, 0.15) is 23.5 Å². The molecule has 88 valence electrons. The molecule has 1 atom stereocenters. The number of nitriles is 1. The van der Waals surface area contributed by atoms with Crippen molar-refractivity contribution in [3.8, 4) is 6.07 Å². The second kappa shape index (κ2) is 5.29. The van der Waals surface area contributed by atoms with Gasteiger partial charge in [0, 0.05) is 5.38 Å². The zero-order chi connectivity index (χ0) is 12.3. The first-order chi connectivity index (χ1) is 8.17. The molecule has 0 saturated heterocycles. The van der Waals surface area contributed by atoms with Crippen LogP contribution in [0.25, 0.3) is 0 Å². The van der Waals surface area contributed by atoms with Crippen molar-refractivity contribution in [3.63, 3.8) is 0 Å². The molecule has 2 aromatic heterocycles. The van der Waals surface area contributed by atoms with Gasteiger partial charge in [-0.25, -0.2) is 4.98 Å². The van der Waals surface area contributed by atoms with Crippen LogP contribution < -0.4 is 0 Å². The standard InChI is InChI=1S/C10H10N4OS2/c1-6(4-11)17-10-14-13-9(15-10)3-8-5-16-7(2)12-8/h5-6H,3H2,1-2H3/t6-/m1/s1. The summed E-state index contributed by atoms with van der Waals surface area (Å²) in [5, 5.41) is 19.7. The molecule has 0 fully saturated rings. The lowest BCUT2D eigenvalue weighted by Crippen LogP contribution is -1.88. The van der Waals surface area contributed by atoms with Crippen LogP contribution in [0.15, 0.2) is 15.0 Å². The summed E-state index contributed by atoms with van der Waals surface area (Å²) in [5.74, 6) is 0.530. The van der Waals surface area contributed by atoms with Crippen LogP contribution in [0.3, 0.4) is 0 Å². The van der Waals surface area contributed by atoms with Crippen LogP contribution in [-0.4, -0.2) is 20.4 Å².